The fraction of sp³-hybridized carbons (Fsp3) is 0.300. The van der Waals surface area contributed by atoms with Gasteiger partial charge in [-0.05, 0) is 36.1 Å². The van der Waals surface area contributed by atoms with Crippen LogP contribution in [-0.4, -0.2) is 11.1 Å². The van der Waals surface area contributed by atoms with Crippen LogP contribution in [0, 0.1) is 5.82 Å². The van der Waals surface area contributed by atoms with E-state index in [1.165, 1.54) is 12.1 Å². The van der Waals surface area contributed by atoms with Gasteiger partial charge in [0.15, 0.2) is 0 Å². The van der Waals surface area contributed by atoms with Crippen LogP contribution in [0.25, 0.3) is 0 Å². The Hall–Kier alpha value is -1.38. The molecule has 68 valence electrons. The van der Waals surface area contributed by atoms with E-state index in [1.54, 1.807) is 6.07 Å². The highest BCUT2D eigenvalue weighted by Gasteiger charge is 2.28. The molecule has 3 heteroatoms. The van der Waals surface area contributed by atoms with Gasteiger partial charge >= 0.3 is 5.97 Å². The SMILES string of the molecule is O=C(O)[C@@H]1CCc2ccc(F)cc21. The Labute approximate surface area is 75.0 Å². The lowest BCUT2D eigenvalue weighted by Crippen LogP contribution is -2.07. The van der Waals surface area contributed by atoms with Crippen molar-refractivity contribution < 1.29 is 14.3 Å². The van der Waals surface area contributed by atoms with Gasteiger partial charge in [-0.1, -0.05) is 6.07 Å². The first-order chi connectivity index (χ1) is 6.18. The average Bonchev–Trinajstić information content (AvgIpc) is 2.46. The van der Waals surface area contributed by atoms with Gasteiger partial charge in [-0.2, -0.15) is 0 Å². The lowest BCUT2D eigenvalue weighted by molar-refractivity contribution is -0.138. The molecule has 0 radical (unpaired) electrons. The molecule has 0 unspecified atom stereocenters. The third kappa shape index (κ3) is 1.30. The topological polar surface area (TPSA) is 37.3 Å². The summed E-state index contributed by atoms with van der Waals surface area (Å²) in [6.07, 6.45) is 1.33. The number of carboxylic acid groups (broad SMARTS) is 1. The summed E-state index contributed by atoms with van der Waals surface area (Å²) in [7, 11) is 0. The van der Waals surface area contributed by atoms with Gasteiger partial charge in [0.05, 0.1) is 5.92 Å². The zero-order chi connectivity index (χ0) is 9.42. The second-order valence-corrected chi connectivity index (χ2v) is 3.27. The standard InChI is InChI=1S/C10H9FO2/c11-7-3-1-6-2-4-8(10(12)13)9(6)5-7/h1,3,5,8H,2,4H2,(H,12,13)/t8-/m1/s1. The molecule has 2 rings (SSSR count). The van der Waals surface area contributed by atoms with Crippen molar-refractivity contribution in [2.75, 3.05) is 0 Å². The van der Waals surface area contributed by atoms with Crippen LogP contribution in [0.4, 0.5) is 4.39 Å². The molecule has 1 aliphatic carbocycles. The van der Waals surface area contributed by atoms with Crippen LogP contribution in [0.15, 0.2) is 18.2 Å². The molecule has 1 aromatic rings. The number of halogens is 1. The summed E-state index contributed by atoms with van der Waals surface area (Å²) in [6.45, 7) is 0. The normalized spacial score (nSPS) is 19.9. The number of aryl methyl sites for hydroxylation is 1. The Kier molecular flexibility index (Phi) is 1.79. The predicted octanol–water partition coefficient (Wildman–Crippen LogP) is 1.94. The molecule has 0 aromatic heterocycles. The third-order valence-corrected chi connectivity index (χ3v) is 2.48. The molecule has 0 aliphatic heterocycles. The fourth-order valence-corrected chi connectivity index (χ4v) is 1.83. The van der Waals surface area contributed by atoms with E-state index >= 15 is 0 Å². The number of carboxylic acids is 1. The minimum absolute atomic E-state index is 0.355. The van der Waals surface area contributed by atoms with Crippen LogP contribution >= 0.6 is 0 Å². The van der Waals surface area contributed by atoms with Gasteiger partial charge < -0.3 is 5.11 Å². The molecule has 1 N–H and O–H groups in total. The van der Waals surface area contributed by atoms with Crippen LogP contribution < -0.4 is 0 Å². The molecule has 1 aromatic carbocycles. The maximum Gasteiger partial charge on any atom is 0.310 e. The molecule has 13 heavy (non-hydrogen) atoms. The number of aliphatic carboxylic acids is 1. The van der Waals surface area contributed by atoms with Crippen molar-refractivity contribution in [3.8, 4) is 0 Å². The summed E-state index contributed by atoms with van der Waals surface area (Å²) in [5.74, 6) is -1.72. The molecule has 1 atom stereocenters. The Morgan fingerprint density at radius 1 is 1.54 bits per heavy atom. The maximum absolute atomic E-state index is 12.8. The zero-order valence-electron chi connectivity index (χ0n) is 6.96. The Morgan fingerprint density at radius 3 is 3.00 bits per heavy atom. The minimum Gasteiger partial charge on any atom is -0.481 e. The van der Waals surface area contributed by atoms with Crippen molar-refractivity contribution in [3.05, 3.63) is 35.1 Å². The van der Waals surface area contributed by atoms with Gasteiger partial charge in [0, 0.05) is 0 Å². The van der Waals surface area contributed by atoms with Crippen molar-refractivity contribution in [3.63, 3.8) is 0 Å². The van der Waals surface area contributed by atoms with E-state index in [0.29, 0.717) is 12.0 Å². The van der Waals surface area contributed by atoms with Crippen molar-refractivity contribution in [2.45, 2.75) is 18.8 Å². The van der Waals surface area contributed by atoms with Gasteiger partial charge in [0.1, 0.15) is 5.82 Å². The lowest BCUT2D eigenvalue weighted by Gasteiger charge is -2.04. The molecule has 0 saturated heterocycles. The van der Waals surface area contributed by atoms with Crippen LogP contribution in [0.1, 0.15) is 23.5 Å². The second kappa shape index (κ2) is 2.83. The maximum atomic E-state index is 12.8. The monoisotopic (exact) mass is 180 g/mol. The third-order valence-electron chi connectivity index (χ3n) is 2.48. The highest BCUT2D eigenvalue weighted by Crippen LogP contribution is 2.33. The summed E-state index contributed by atoms with van der Waals surface area (Å²) in [4.78, 5) is 10.8. The van der Waals surface area contributed by atoms with E-state index < -0.39 is 11.9 Å². The Bertz CT molecular complexity index is 360. The van der Waals surface area contributed by atoms with Gasteiger partial charge in [-0.15, -0.1) is 0 Å². The van der Waals surface area contributed by atoms with Gasteiger partial charge in [-0.3, -0.25) is 4.79 Å². The van der Waals surface area contributed by atoms with Crippen molar-refractivity contribution in [2.24, 2.45) is 0 Å². The second-order valence-electron chi connectivity index (χ2n) is 3.27. The van der Waals surface area contributed by atoms with E-state index in [0.717, 1.165) is 12.0 Å². The lowest BCUT2D eigenvalue weighted by atomic mass is 10.0. The molecule has 0 spiro atoms. The van der Waals surface area contributed by atoms with Crippen LogP contribution in [0.3, 0.4) is 0 Å². The fourth-order valence-electron chi connectivity index (χ4n) is 1.83. The molecular formula is C10H9FO2. The molecule has 0 amide bonds. The largest absolute Gasteiger partial charge is 0.481 e. The molecule has 0 bridgehead atoms. The summed E-state index contributed by atoms with van der Waals surface area (Å²) in [5, 5.41) is 8.83. The molecule has 1 aliphatic rings. The van der Waals surface area contributed by atoms with E-state index in [2.05, 4.69) is 0 Å². The molecule has 0 fully saturated rings. The first-order valence-corrected chi connectivity index (χ1v) is 4.19. The smallest absolute Gasteiger partial charge is 0.310 e. The van der Waals surface area contributed by atoms with E-state index in [9.17, 15) is 9.18 Å². The molecular weight excluding hydrogens is 171 g/mol. The first-order valence-electron chi connectivity index (χ1n) is 4.19. The quantitative estimate of drug-likeness (QED) is 0.717. The Morgan fingerprint density at radius 2 is 2.31 bits per heavy atom. The van der Waals surface area contributed by atoms with Crippen molar-refractivity contribution in [1.29, 1.82) is 0 Å². The van der Waals surface area contributed by atoms with E-state index in [-0.39, 0.29) is 5.82 Å². The van der Waals surface area contributed by atoms with Gasteiger partial charge in [-0.25, -0.2) is 4.39 Å². The number of carbonyl (C=O) groups is 1. The predicted molar refractivity (Wildman–Crippen MR) is 45.1 cm³/mol. The average molecular weight is 180 g/mol. The van der Waals surface area contributed by atoms with Crippen LogP contribution in [-0.2, 0) is 11.2 Å². The van der Waals surface area contributed by atoms with Gasteiger partial charge in [0.2, 0.25) is 0 Å². The summed E-state index contributed by atoms with van der Waals surface area (Å²) >= 11 is 0. The molecule has 0 heterocycles. The van der Waals surface area contributed by atoms with E-state index in [1.807, 2.05) is 0 Å². The number of hydrogen-bond acceptors (Lipinski definition) is 1. The number of fused-ring (bicyclic) bond motifs is 1. The van der Waals surface area contributed by atoms with E-state index in [4.69, 9.17) is 5.11 Å². The summed E-state index contributed by atoms with van der Waals surface area (Å²) in [5.41, 5.74) is 1.61. The Balaban J connectivity index is 2.46. The van der Waals surface area contributed by atoms with Crippen LogP contribution in [0.5, 0.6) is 0 Å². The summed E-state index contributed by atoms with van der Waals surface area (Å²) < 4.78 is 12.8. The summed E-state index contributed by atoms with van der Waals surface area (Å²) in [6, 6.07) is 4.39. The molecule has 0 saturated carbocycles. The van der Waals surface area contributed by atoms with Gasteiger partial charge in [0.25, 0.3) is 0 Å². The first kappa shape index (κ1) is 8.23. The molecule has 2 nitrogen and oxygen atoms in total. The van der Waals surface area contributed by atoms with Crippen LogP contribution in [0.2, 0.25) is 0 Å². The number of benzene rings is 1. The van der Waals surface area contributed by atoms with Crippen molar-refractivity contribution >= 4 is 5.97 Å². The minimum atomic E-state index is -0.857. The number of hydrogen-bond donors (Lipinski definition) is 1. The highest BCUT2D eigenvalue weighted by molar-refractivity contribution is 5.77. The number of rotatable bonds is 1. The van der Waals surface area contributed by atoms with Crippen molar-refractivity contribution in [1.82, 2.24) is 0 Å². The highest BCUT2D eigenvalue weighted by atomic mass is 19.1. The zero-order valence-corrected chi connectivity index (χ0v) is 6.96.